The predicted molar refractivity (Wildman–Crippen MR) is 70.8 cm³/mol. The molecule has 0 unspecified atom stereocenters. The van der Waals surface area contributed by atoms with E-state index in [2.05, 4.69) is 14.9 Å². The molecule has 0 aliphatic heterocycles. The Kier molecular flexibility index (Phi) is 4.34. The Hall–Kier alpha value is -2.26. The van der Waals surface area contributed by atoms with Crippen LogP contribution in [0.5, 0.6) is 0 Å². The molecule has 8 nitrogen and oxygen atoms in total. The molecule has 0 fully saturated rings. The van der Waals surface area contributed by atoms with E-state index in [-0.39, 0.29) is 23.0 Å². The van der Waals surface area contributed by atoms with Gasteiger partial charge in [0.05, 0.1) is 10.5 Å². The van der Waals surface area contributed by atoms with Gasteiger partial charge in [-0.1, -0.05) is 5.16 Å². The first kappa shape index (κ1) is 15.1. The van der Waals surface area contributed by atoms with Crippen LogP contribution < -0.4 is 4.72 Å². The monoisotopic (exact) mass is 311 g/mol. The number of aromatic nitrogens is 2. The standard InChI is InChI=1S/C12H13N3O5S/c1-8-14-11(20-15-8)7-19-12(16)9-3-5-10(6-4-9)21(17,18)13-2/h3-6,13H,7H2,1-2H3. The lowest BCUT2D eigenvalue weighted by molar-refractivity contribution is 0.0429. The molecule has 112 valence electrons. The van der Waals surface area contributed by atoms with Crippen LogP contribution in [0.4, 0.5) is 0 Å². The van der Waals surface area contributed by atoms with Crippen LogP contribution >= 0.6 is 0 Å². The van der Waals surface area contributed by atoms with Crippen molar-refractivity contribution in [1.82, 2.24) is 14.9 Å². The summed E-state index contributed by atoms with van der Waals surface area (Å²) in [4.78, 5) is 15.7. The molecule has 9 heteroatoms. The molecule has 1 N–H and O–H groups in total. The SMILES string of the molecule is CNS(=O)(=O)c1ccc(C(=O)OCc2nc(C)no2)cc1. The number of sulfonamides is 1. The minimum Gasteiger partial charge on any atom is -0.452 e. The summed E-state index contributed by atoms with van der Waals surface area (Å²) in [6, 6.07) is 5.37. The third-order valence-electron chi connectivity index (χ3n) is 2.57. The lowest BCUT2D eigenvalue weighted by Gasteiger charge is -2.04. The van der Waals surface area contributed by atoms with E-state index in [1.165, 1.54) is 31.3 Å². The van der Waals surface area contributed by atoms with Gasteiger partial charge in [-0.3, -0.25) is 0 Å². The Labute approximate surface area is 121 Å². The zero-order valence-electron chi connectivity index (χ0n) is 11.4. The highest BCUT2D eigenvalue weighted by atomic mass is 32.2. The molecule has 2 aromatic rings. The van der Waals surface area contributed by atoms with Crippen LogP contribution in [0.1, 0.15) is 22.1 Å². The Morgan fingerprint density at radius 3 is 2.52 bits per heavy atom. The second-order valence-corrected chi connectivity index (χ2v) is 5.93. The Balaban J connectivity index is 2.03. The molecule has 0 aliphatic rings. The number of esters is 1. The van der Waals surface area contributed by atoms with Crippen molar-refractivity contribution in [1.29, 1.82) is 0 Å². The van der Waals surface area contributed by atoms with Gasteiger partial charge >= 0.3 is 5.97 Å². The van der Waals surface area contributed by atoms with E-state index in [0.717, 1.165) is 0 Å². The topological polar surface area (TPSA) is 111 Å². The first-order valence-corrected chi connectivity index (χ1v) is 7.40. The molecule has 1 aromatic carbocycles. The first-order valence-electron chi connectivity index (χ1n) is 5.92. The number of rotatable bonds is 5. The van der Waals surface area contributed by atoms with Crippen LogP contribution in [0.3, 0.4) is 0 Å². The average molecular weight is 311 g/mol. The Morgan fingerprint density at radius 1 is 1.33 bits per heavy atom. The van der Waals surface area contributed by atoms with E-state index < -0.39 is 16.0 Å². The lowest BCUT2D eigenvalue weighted by Crippen LogP contribution is -2.18. The van der Waals surface area contributed by atoms with Crippen molar-refractivity contribution >= 4 is 16.0 Å². The van der Waals surface area contributed by atoms with Gasteiger partial charge in [-0.25, -0.2) is 17.9 Å². The molecule has 0 saturated carbocycles. The van der Waals surface area contributed by atoms with E-state index in [1.807, 2.05) is 0 Å². The molecule has 0 radical (unpaired) electrons. The molecule has 1 aromatic heterocycles. The van der Waals surface area contributed by atoms with E-state index >= 15 is 0 Å². The molecule has 0 amide bonds. The smallest absolute Gasteiger partial charge is 0.338 e. The number of nitrogens with one attached hydrogen (secondary N) is 1. The summed E-state index contributed by atoms with van der Waals surface area (Å²) < 4.78 is 35.0. The highest BCUT2D eigenvalue weighted by Gasteiger charge is 2.14. The number of nitrogens with zero attached hydrogens (tertiary/aromatic N) is 2. The summed E-state index contributed by atoms with van der Waals surface area (Å²) in [5, 5.41) is 3.56. The van der Waals surface area contributed by atoms with Gasteiger partial charge in [0.15, 0.2) is 12.4 Å². The van der Waals surface area contributed by atoms with Crippen LogP contribution in [0.2, 0.25) is 0 Å². The zero-order valence-corrected chi connectivity index (χ0v) is 12.2. The molecule has 1 heterocycles. The minimum absolute atomic E-state index is 0.0640. The van der Waals surface area contributed by atoms with Crippen LogP contribution in [-0.2, 0) is 21.4 Å². The molecule has 2 rings (SSSR count). The number of hydrogen-bond donors (Lipinski definition) is 1. The van der Waals surface area contributed by atoms with Gasteiger partial charge in [0.1, 0.15) is 0 Å². The number of carbonyl (C=O) groups is 1. The molecule has 0 bridgehead atoms. The average Bonchev–Trinajstić information content (AvgIpc) is 2.90. The van der Waals surface area contributed by atoms with Crippen LogP contribution in [-0.4, -0.2) is 31.6 Å². The van der Waals surface area contributed by atoms with Gasteiger partial charge in [-0.2, -0.15) is 4.98 Å². The van der Waals surface area contributed by atoms with Gasteiger partial charge in [-0.15, -0.1) is 0 Å². The van der Waals surface area contributed by atoms with Crippen molar-refractivity contribution in [3.8, 4) is 0 Å². The third kappa shape index (κ3) is 3.64. The molecule has 0 atom stereocenters. The van der Waals surface area contributed by atoms with Crippen molar-refractivity contribution in [2.45, 2.75) is 18.4 Å². The van der Waals surface area contributed by atoms with Crippen molar-refractivity contribution in [3.63, 3.8) is 0 Å². The Morgan fingerprint density at radius 2 is 2.00 bits per heavy atom. The van der Waals surface area contributed by atoms with E-state index in [4.69, 9.17) is 9.26 Å². The second-order valence-electron chi connectivity index (χ2n) is 4.04. The maximum absolute atomic E-state index is 11.8. The maximum Gasteiger partial charge on any atom is 0.338 e. The highest BCUT2D eigenvalue weighted by molar-refractivity contribution is 7.89. The number of benzene rings is 1. The highest BCUT2D eigenvalue weighted by Crippen LogP contribution is 2.11. The molecule has 0 aliphatic carbocycles. The van der Waals surface area contributed by atoms with Crippen LogP contribution in [0.15, 0.2) is 33.7 Å². The van der Waals surface area contributed by atoms with Gasteiger partial charge in [0, 0.05) is 0 Å². The maximum atomic E-state index is 11.8. The van der Waals surface area contributed by atoms with Crippen molar-refractivity contribution in [3.05, 3.63) is 41.5 Å². The summed E-state index contributed by atoms with van der Waals surface area (Å²) >= 11 is 0. The number of ether oxygens (including phenoxy) is 1. The molecular weight excluding hydrogens is 298 g/mol. The zero-order chi connectivity index (χ0) is 15.5. The fraction of sp³-hybridized carbons (Fsp3) is 0.250. The van der Waals surface area contributed by atoms with Crippen molar-refractivity contribution in [2.24, 2.45) is 0 Å². The van der Waals surface area contributed by atoms with E-state index in [1.54, 1.807) is 6.92 Å². The number of aryl methyl sites for hydroxylation is 1. The van der Waals surface area contributed by atoms with E-state index in [0.29, 0.717) is 5.82 Å². The third-order valence-corrected chi connectivity index (χ3v) is 4.00. The molecule has 0 spiro atoms. The number of hydrogen-bond acceptors (Lipinski definition) is 7. The predicted octanol–water partition coefficient (Wildman–Crippen LogP) is 0.643. The fourth-order valence-electron chi connectivity index (χ4n) is 1.50. The van der Waals surface area contributed by atoms with Gasteiger partial charge in [-0.05, 0) is 38.2 Å². The Bertz CT molecular complexity index is 737. The van der Waals surface area contributed by atoms with Crippen molar-refractivity contribution in [2.75, 3.05) is 7.05 Å². The van der Waals surface area contributed by atoms with Gasteiger partial charge in [0.2, 0.25) is 10.0 Å². The summed E-state index contributed by atoms with van der Waals surface area (Å²) in [7, 11) is -2.22. The summed E-state index contributed by atoms with van der Waals surface area (Å²) in [6.07, 6.45) is 0. The van der Waals surface area contributed by atoms with E-state index in [9.17, 15) is 13.2 Å². The molecule has 21 heavy (non-hydrogen) atoms. The molecule has 0 saturated heterocycles. The van der Waals surface area contributed by atoms with Gasteiger partial charge in [0.25, 0.3) is 5.89 Å². The molecular formula is C12H13N3O5S. The first-order chi connectivity index (χ1) is 9.92. The summed E-state index contributed by atoms with van der Waals surface area (Å²) in [5.41, 5.74) is 0.223. The lowest BCUT2D eigenvalue weighted by atomic mass is 10.2. The largest absolute Gasteiger partial charge is 0.452 e. The van der Waals surface area contributed by atoms with Crippen LogP contribution in [0, 0.1) is 6.92 Å². The van der Waals surface area contributed by atoms with Gasteiger partial charge < -0.3 is 9.26 Å². The fourth-order valence-corrected chi connectivity index (χ4v) is 2.23. The summed E-state index contributed by atoms with van der Waals surface area (Å²) in [5.74, 6) is 0.0252. The van der Waals surface area contributed by atoms with Crippen molar-refractivity contribution < 1.29 is 22.5 Å². The number of carbonyl (C=O) groups excluding carboxylic acids is 1. The second kappa shape index (κ2) is 6.02. The summed E-state index contributed by atoms with van der Waals surface area (Å²) in [6.45, 7) is 1.51. The normalized spacial score (nSPS) is 11.3. The quantitative estimate of drug-likeness (QED) is 0.806. The van der Waals surface area contributed by atoms with Crippen LogP contribution in [0.25, 0.3) is 0 Å². The minimum atomic E-state index is -3.53.